The van der Waals surface area contributed by atoms with Crippen molar-refractivity contribution in [2.75, 3.05) is 25.1 Å². The summed E-state index contributed by atoms with van der Waals surface area (Å²) in [5.74, 6) is 0.972. The maximum atomic E-state index is 9.29. The predicted molar refractivity (Wildman–Crippen MR) is 100 cm³/mol. The number of rotatable bonds is 4. The van der Waals surface area contributed by atoms with E-state index in [4.69, 9.17) is 4.74 Å². The van der Waals surface area contributed by atoms with Gasteiger partial charge in [0.2, 0.25) is 0 Å². The van der Waals surface area contributed by atoms with Crippen LogP contribution in [0.3, 0.4) is 0 Å². The van der Waals surface area contributed by atoms with Crippen molar-refractivity contribution in [2.45, 2.75) is 12.8 Å². The van der Waals surface area contributed by atoms with E-state index in [2.05, 4.69) is 44.6 Å². The summed E-state index contributed by atoms with van der Waals surface area (Å²) in [6, 6.07) is 10.3. The molecular formula is C20H19N5O. The number of nitrogens with zero attached hydrogens (tertiary/aromatic N) is 4. The third kappa shape index (κ3) is 2.58. The number of methoxy groups -OCH3 is 1. The van der Waals surface area contributed by atoms with Gasteiger partial charge in [-0.1, -0.05) is 12.2 Å². The molecule has 2 aromatic heterocycles. The van der Waals surface area contributed by atoms with E-state index >= 15 is 0 Å². The lowest BCUT2D eigenvalue weighted by atomic mass is 9.97. The number of nitrogens with one attached hydrogen (secondary N) is 1. The Morgan fingerprint density at radius 2 is 2.27 bits per heavy atom. The Labute approximate surface area is 151 Å². The number of H-pyrrole nitrogens is 1. The van der Waals surface area contributed by atoms with E-state index in [9.17, 15) is 5.26 Å². The summed E-state index contributed by atoms with van der Waals surface area (Å²) < 4.78 is 5.42. The van der Waals surface area contributed by atoms with Crippen LogP contribution in [0, 0.1) is 11.3 Å². The van der Waals surface area contributed by atoms with Crippen LogP contribution in [0.2, 0.25) is 0 Å². The van der Waals surface area contributed by atoms with Crippen molar-refractivity contribution in [3.05, 3.63) is 59.7 Å². The number of ether oxygens (including phenoxy) is 1. The van der Waals surface area contributed by atoms with Crippen molar-refractivity contribution in [3.8, 4) is 11.8 Å². The monoisotopic (exact) mass is 345 g/mol. The van der Waals surface area contributed by atoms with Crippen molar-refractivity contribution >= 4 is 16.7 Å². The summed E-state index contributed by atoms with van der Waals surface area (Å²) in [7, 11) is 1.68. The highest BCUT2D eigenvalue weighted by molar-refractivity contribution is 5.82. The highest BCUT2D eigenvalue weighted by atomic mass is 16.5. The molecule has 1 unspecified atom stereocenters. The van der Waals surface area contributed by atoms with Gasteiger partial charge in [-0.3, -0.25) is 0 Å². The van der Waals surface area contributed by atoms with Gasteiger partial charge < -0.3 is 14.6 Å². The molecule has 0 amide bonds. The summed E-state index contributed by atoms with van der Waals surface area (Å²) in [4.78, 5) is 14.0. The van der Waals surface area contributed by atoms with Gasteiger partial charge in [0.25, 0.3) is 0 Å². The minimum absolute atomic E-state index is 0.139. The average Bonchev–Trinajstić information content (AvgIpc) is 3.22. The van der Waals surface area contributed by atoms with Crippen LogP contribution in [-0.2, 0) is 0 Å². The van der Waals surface area contributed by atoms with Gasteiger partial charge >= 0.3 is 0 Å². The van der Waals surface area contributed by atoms with Crippen molar-refractivity contribution in [1.29, 1.82) is 5.26 Å². The largest absolute Gasteiger partial charge is 0.497 e. The fraction of sp³-hybridized carbons (Fsp3) is 0.250. The molecule has 3 heterocycles. The Kier molecular flexibility index (Phi) is 3.85. The maximum Gasteiger partial charge on any atom is 0.153 e. The molecule has 1 aromatic carbocycles. The van der Waals surface area contributed by atoms with E-state index in [1.165, 1.54) is 17.6 Å². The highest BCUT2D eigenvalue weighted by Crippen LogP contribution is 2.42. The summed E-state index contributed by atoms with van der Waals surface area (Å²) in [5, 5.41) is 10.0. The van der Waals surface area contributed by atoms with Crippen LogP contribution >= 0.6 is 0 Å². The molecule has 0 aliphatic carbocycles. The summed E-state index contributed by atoms with van der Waals surface area (Å²) in [5.41, 5.74) is 5.60. The van der Waals surface area contributed by atoms with E-state index in [0.717, 1.165) is 35.5 Å². The normalized spacial score (nSPS) is 15.7. The number of anilines is 1. The molecule has 26 heavy (non-hydrogen) atoms. The van der Waals surface area contributed by atoms with Gasteiger partial charge in [-0.15, -0.1) is 0 Å². The third-order valence-corrected chi connectivity index (χ3v) is 4.74. The Morgan fingerprint density at radius 1 is 1.42 bits per heavy atom. The molecule has 130 valence electrons. The van der Waals surface area contributed by atoms with Crippen LogP contribution in [0.5, 0.6) is 5.75 Å². The molecule has 4 rings (SSSR count). The second kappa shape index (κ2) is 6.19. The minimum atomic E-state index is 0.139. The van der Waals surface area contributed by atoms with E-state index in [1.54, 1.807) is 7.11 Å². The Morgan fingerprint density at radius 3 is 3.00 bits per heavy atom. The summed E-state index contributed by atoms with van der Waals surface area (Å²) in [6.07, 6.45) is 1.42. The van der Waals surface area contributed by atoms with Crippen LogP contribution in [0.25, 0.3) is 11.0 Å². The first-order valence-corrected chi connectivity index (χ1v) is 8.41. The highest BCUT2D eigenvalue weighted by Gasteiger charge is 2.31. The quantitative estimate of drug-likeness (QED) is 0.734. The number of aromatic nitrogens is 3. The van der Waals surface area contributed by atoms with E-state index in [-0.39, 0.29) is 5.92 Å². The molecule has 6 heteroatoms. The van der Waals surface area contributed by atoms with Gasteiger partial charge in [0.1, 0.15) is 23.8 Å². The number of benzene rings is 1. The fourth-order valence-electron chi connectivity index (χ4n) is 3.62. The van der Waals surface area contributed by atoms with Crippen molar-refractivity contribution in [1.82, 2.24) is 15.0 Å². The molecule has 0 fully saturated rings. The Balaban J connectivity index is 1.82. The molecule has 0 bridgehead atoms. The Bertz CT molecular complexity index is 1050. The zero-order valence-electron chi connectivity index (χ0n) is 14.8. The zero-order chi connectivity index (χ0) is 18.3. The second-order valence-electron chi connectivity index (χ2n) is 6.64. The van der Waals surface area contributed by atoms with Crippen LogP contribution in [0.15, 0.2) is 42.7 Å². The van der Waals surface area contributed by atoms with Gasteiger partial charge in [-0.25, -0.2) is 9.97 Å². The molecule has 1 N–H and O–H groups in total. The fourth-order valence-corrected chi connectivity index (χ4v) is 3.62. The van der Waals surface area contributed by atoms with Gasteiger partial charge in [-0.2, -0.15) is 5.26 Å². The molecule has 1 aliphatic rings. The molecule has 0 radical (unpaired) electrons. The lowest BCUT2D eigenvalue weighted by Crippen LogP contribution is -2.23. The molecule has 0 saturated heterocycles. The van der Waals surface area contributed by atoms with Crippen molar-refractivity contribution in [3.63, 3.8) is 0 Å². The van der Waals surface area contributed by atoms with Gasteiger partial charge in [0.15, 0.2) is 5.69 Å². The predicted octanol–water partition coefficient (Wildman–Crippen LogP) is 3.37. The van der Waals surface area contributed by atoms with Crippen LogP contribution in [0.4, 0.5) is 5.69 Å². The number of fused-ring (bicyclic) bond motifs is 2. The lowest BCUT2D eigenvalue weighted by molar-refractivity contribution is 0.414. The molecule has 0 saturated carbocycles. The first kappa shape index (κ1) is 16.2. The van der Waals surface area contributed by atoms with E-state index in [1.807, 2.05) is 19.1 Å². The van der Waals surface area contributed by atoms with Crippen LogP contribution in [-0.4, -0.2) is 35.2 Å². The number of hydrogen-bond donors (Lipinski definition) is 1. The zero-order valence-corrected chi connectivity index (χ0v) is 14.8. The Hall–Kier alpha value is -3.33. The summed E-state index contributed by atoms with van der Waals surface area (Å²) in [6.45, 7) is 7.72. The van der Waals surface area contributed by atoms with Crippen molar-refractivity contribution in [2.24, 2.45) is 0 Å². The third-order valence-electron chi connectivity index (χ3n) is 4.74. The first-order valence-electron chi connectivity index (χ1n) is 8.41. The first-order chi connectivity index (χ1) is 12.6. The second-order valence-corrected chi connectivity index (χ2v) is 6.64. The standard InChI is InChI=1S/C20H19N5O/c1-12(2)9-25-10-16(14-6-13(26-3)4-5-19(14)25)17-7-15-18(8-21)22-11-23-20(15)24-17/h4-7,11,16H,1,9-10H2,2-3H3,(H,22,23,24). The topological polar surface area (TPSA) is 77.8 Å². The average molecular weight is 345 g/mol. The molecular weight excluding hydrogens is 326 g/mol. The molecule has 6 nitrogen and oxygen atoms in total. The number of aromatic amines is 1. The maximum absolute atomic E-state index is 9.29. The van der Waals surface area contributed by atoms with Gasteiger partial charge in [0, 0.05) is 30.4 Å². The van der Waals surface area contributed by atoms with Crippen molar-refractivity contribution < 1.29 is 4.74 Å². The summed E-state index contributed by atoms with van der Waals surface area (Å²) >= 11 is 0. The van der Waals surface area contributed by atoms with Crippen LogP contribution < -0.4 is 9.64 Å². The van der Waals surface area contributed by atoms with E-state index in [0.29, 0.717) is 11.3 Å². The van der Waals surface area contributed by atoms with E-state index < -0.39 is 0 Å². The minimum Gasteiger partial charge on any atom is -0.497 e. The SMILES string of the molecule is C=C(C)CN1CC(c2cc3c(C#N)ncnc3[nH]2)c2cc(OC)ccc21. The molecule has 1 aliphatic heterocycles. The lowest BCUT2D eigenvalue weighted by Gasteiger charge is -2.19. The molecule has 0 spiro atoms. The van der Waals surface area contributed by atoms with Crippen LogP contribution in [0.1, 0.15) is 29.8 Å². The molecule has 3 aromatic rings. The molecule has 1 atom stereocenters. The van der Waals surface area contributed by atoms with Gasteiger partial charge in [-0.05, 0) is 36.8 Å². The number of hydrogen-bond acceptors (Lipinski definition) is 5. The van der Waals surface area contributed by atoms with Gasteiger partial charge in [0.05, 0.1) is 12.5 Å². The smallest absolute Gasteiger partial charge is 0.153 e. The number of nitriles is 1.